The summed E-state index contributed by atoms with van der Waals surface area (Å²) in [6.45, 7) is 3.64. The van der Waals surface area contributed by atoms with E-state index in [0.717, 1.165) is 11.9 Å². The number of hydrogen-bond acceptors (Lipinski definition) is 7. The number of nitrogens with zero attached hydrogens (tertiary/aromatic N) is 5. The molecule has 0 radical (unpaired) electrons. The second-order valence-electron chi connectivity index (χ2n) is 6.96. The normalized spacial score (nSPS) is 10.6. The van der Waals surface area contributed by atoms with Gasteiger partial charge in [-0.2, -0.15) is 4.98 Å². The predicted octanol–water partition coefficient (Wildman–Crippen LogP) is 4.89. The van der Waals surface area contributed by atoms with Crippen molar-refractivity contribution in [3.8, 4) is 17.4 Å². The number of aromatic nitrogens is 4. The molecule has 0 aliphatic heterocycles. The predicted molar refractivity (Wildman–Crippen MR) is 121 cm³/mol. The first kappa shape index (κ1) is 21.9. The molecule has 2 aromatic heterocycles. The molecule has 1 N–H and O–H groups in total. The number of amides is 1. The van der Waals surface area contributed by atoms with Crippen LogP contribution in [0.2, 0.25) is 5.02 Å². The standard InChI is InChI=1S/C22H17ClN6O4/c1-13-25-20(28-10-9-24-14(28)2)12-21(26-13)33-17-6-3-15(4-7-17)27-22(30)18-8-5-16(29(31)32)11-19(18)23/h3-12H,1-2H3,(H,27,30). The molecule has 2 aromatic carbocycles. The van der Waals surface area contributed by atoms with E-state index in [9.17, 15) is 14.9 Å². The molecule has 0 unspecified atom stereocenters. The van der Waals surface area contributed by atoms with Crippen molar-refractivity contribution in [2.45, 2.75) is 13.8 Å². The van der Waals surface area contributed by atoms with Gasteiger partial charge in [-0.25, -0.2) is 9.97 Å². The monoisotopic (exact) mass is 464 g/mol. The van der Waals surface area contributed by atoms with E-state index < -0.39 is 10.8 Å². The zero-order valence-electron chi connectivity index (χ0n) is 17.5. The number of halogens is 1. The topological polar surface area (TPSA) is 125 Å². The van der Waals surface area contributed by atoms with E-state index in [1.807, 2.05) is 11.5 Å². The number of nitrogens with one attached hydrogen (secondary N) is 1. The number of imidazole rings is 1. The lowest BCUT2D eigenvalue weighted by molar-refractivity contribution is -0.384. The van der Waals surface area contributed by atoms with Crippen LogP contribution in [0.5, 0.6) is 11.6 Å². The van der Waals surface area contributed by atoms with E-state index in [2.05, 4.69) is 20.3 Å². The summed E-state index contributed by atoms with van der Waals surface area (Å²) < 4.78 is 7.68. The summed E-state index contributed by atoms with van der Waals surface area (Å²) in [5.74, 6) is 2.34. The van der Waals surface area contributed by atoms with Crippen molar-refractivity contribution < 1.29 is 14.5 Å². The first-order valence-corrected chi connectivity index (χ1v) is 10.1. The smallest absolute Gasteiger partial charge is 0.270 e. The van der Waals surface area contributed by atoms with Crippen LogP contribution in [-0.4, -0.2) is 30.3 Å². The van der Waals surface area contributed by atoms with Crippen LogP contribution in [0.1, 0.15) is 22.0 Å². The third kappa shape index (κ3) is 4.96. The second kappa shape index (κ2) is 9.05. The minimum atomic E-state index is -0.578. The van der Waals surface area contributed by atoms with Gasteiger partial charge in [0.25, 0.3) is 11.6 Å². The maximum Gasteiger partial charge on any atom is 0.270 e. The van der Waals surface area contributed by atoms with Crippen LogP contribution in [0.3, 0.4) is 0 Å². The molecule has 0 bridgehead atoms. The van der Waals surface area contributed by atoms with Crippen molar-refractivity contribution in [1.82, 2.24) is 19.5 Å². The highest BCUT2D eigenvalue weighted by molar-refractivity contribution is 6.34. The molecule has 11 heteroatoms. The third-order valence-corrected chi connectivity index (χ3v) is 4.93. The van der Waals surface area contributed by atoms with E-state index in [4.69, 9.17) is 16.3 Å². The molecule has 0 saturated carbocycles. The van der Waals surface area contributed by atoms with Gasteiger partial charge in [-0.05, 0) is 44.2 Å². The molecule has 0 aliphatic rings. The van der Waals surface area contributed by atoms with Gasteiger partial charge in [-0.15, -0.1) is 0 Å². The summed E-state index contributed by atoms with van der Waals surface area (Å²) in [4.78, 5) is 35.6. The zero-order chi connectivity index (χ0) is 23.5. The fraction of sp³-hybridized carbons (Fsp3) is 0.0909. The maximum absolute atomic E-state index is 12.5. The number of carbonyl (C=O) groups is 1. The van der Waals surface area contributed by atoms with Crippen molar-refractivity contribution in [2.75, 3.05) is 5.32 Å². The van der Waals surface area contributed by atoms with Gasteiger partial charge in [0, 0.05) is 36.3 Å². The molecule has 4 rings (SSSR count). The Morgan fingerprint density at radius 3 is 2.52 bits per heavy atom. The van der Waals surface area contributed by atoms with E-state index in [0.29, 0.717) is 29.0 Å². The van der Waals surface area contributed by atoms with Gasteiger partial charge < -0.3 is 10.1 Å². The van der Waals surface area contributed by atoms with Gasteiger partial charge in [0.05, 0.1) is 15.5 Å². The van der Waals surface area contributed by atoms with Gasteiger partial charge in [0.15, 0.2) is 0 Å². The highest BCUT2D eigenvalue weighted by Gasteiger charge is 2.15. The maximum atomic E-state index is 12.5. The Hall–Kier alpha value is -4.31. The van der Waals surface area contributed by atoms with Crippen molar-refractivity contribution in [3.63, 3.8) is 0 Å². The lowest BCUT2D eigenvalue weighted by atomic mass is 10.2. The van der Waals surface area contributed by atoms with E-state index in [1.165, 1.54) is 12.1 Å². The van der Waals surface area contributed by atoms with Crippen LogP contribution in [0.25, 0.3) is 5.82 Å². The van der Waals surface area contributed by atoms with Gasteiger partial charge in [-0.1, -0.05) is 11.6 Å². The summed E-state index contributed by atoms with van der Waals surface area (Å²) in [5.41, 5.74) is 0.432. The molecular formula is C22H17ClN6O4. The number of rotatable bonds is 6. The van der Waals surface area contributed by atoms with Crippen LogP contribution < -0.4 is 10.1 Å². The van der Waals surface area contributed by atoms with Crippen LogP contribution in [0, 0.1) is 24.0 Å². The molecule has 10 nitrogen and oxygen atoms in total. The minimum Gasteiger partial charge on any atom is -0.439 e. The van der Waals surface area contributed by atoms with Crippen LogP contribution >= 0.6 is 11.6 Å². The molecule has 0 fully saturated rings. The lowest BCUT2D eigenvalue weighted by Gasteiger charge is -2.10. The Balaban J connectivity index is 1.47. The fourth-order valence-corrected chi connectivity index (χ4v) is 3.31. The van der Waals surface area contributed by atoms with E-state index in [-0.39, 0.29) is 16.3 Å². The van der Waals surface area contributed by atoms with Gasteiger partial charge >= 0.3 is 0 Å². The van der Waals surface area contributed by atoms with Crippen molar-refractivity contribution in [2.24, 2.45) is 0 Å². The van der Waals surface area contributed by atoms with Crippen LogP contribution in [0.15, 0.2) is 60.9 Å². The Kier molecular flexibility index (Phi) is 6.01. The highest BCUT2D eigenvalue weighted by Crippen LogP contribution is 2.26. The van der Waals surface area contributed by atoms with Crippen molar-refractivity contribution >= 4 is 28.9 Å². The fourth-order valence-electron chi connectivity index (χ4n) is 3.05. The summed E-state index contributed by atoms with van der Waals surface area (Å²) in [7, 11) is 0. The molecule has 0 saturated heterocycles. The molecule has 0 aliphatic carbocycles. The number of anilines is 1. The van der Waals surface area contributed by atoms with Crippen molar-refractivity contribution in [1.29, 1.82) is 0 Å². The van der Waals surface area contributed by atoms with Gasteiger partial charge in [-0.3, -0.25) is 19.5 Å². The number of carbonyl (C=O) groups excluding carboxylic acids is 1. The molecule has 0 atom stereocenters. The molecule has 1 amide bonds. The summed E-state index contributed by atoms with van der Waals surface area (Å²) >= 11 is 6.02. The number of benzene rings is 2. The molecule has 4 aromatic rings. The average molecular weight is 465 g/mol. The number of ether oxygens (including phenoxy) is 1. The van der Waals surface area contributed by atoms with E-state index >= 15 is 0 Å². The molecule has 33 heavy (non-hydrogen) atoms. The average Bonchev–Trinajstić information content (AvgIpc) is 3.20. The summed E-state index contributed by atoms with van der Waals surface area (Å²) in [6.07, 6.45) is 3.49. The number of non-ortho nitro benzene ring substituents is 1. The number of aryl methyl sites for hydroxylation is 2. The Morgan fingerprint density at radius 2 is 1.88 bits per heavy atom. The molecule has 0 spiro atoms. The first-order valence-electron chi connectivity index (χ1n) is 9.69. The molecule has 2 heterocycles. The van der Waals surface area contributed by atoms with Crippen LogP contribution in [-0.2, 0) is 0 Å². The number of hydrogen-bond donors (Lipinski definition) is 1. The number of nitro groups is 1. The third-order valence-electron chi connectivity index (χ3n) is 4.62. The highest BCUT2D eigenvalue weighted by atomic mass is 35.5. The number of nitro benzene ring substituents is 1. The van der Waals surface area contributed by atoms with Crippen molar-refractivity contribution in [3.05, 3.63) is 93.3 Å². The van der Waals surface area contributed by atoms with Crippen LogP contribution in [0.4, 0.5) is 11.4 Å². The Bertz CT molecular complexity index is 1350. The SMILES string of the molecule is Cc1nc(Oc2ccc(NC(=O)c3ccc([N+](=O)[O-])cc3Cl)cc2)cc(-n2ccnc2C)n1. The van der Waals surface area contributed by atoms with Gasteiger partial charge in [0.1, 0.15) is 23.2 Å². The molecule has 166 valence electrons. The van der Waals surface area contributed by atoms with Gasteiger partial charge in [0.2, 0.25) is 5.88 Å². The summed E-state index contributed by atoms with van der Waals surface area (Å²) in [5, 5.41) is 13.5. The Morgan fingerprint density at radius 1 is 1.12 bits per heavy atom. The Labute approximate surface area is 193 Å². The quantitative estimate of drug-likeness (QED) is 0.318. The largest absolute Gasteiger partial charge is 0.439 e. The first-order chi connectivity index (χ1) is 15.8. The lowest BCUT2D eigenvalue weighted by Crippen LogP contribution is -2.12. The molecular weight excluding hydrogens is 448 g/mol. The second-order valence-corrected chi connectivity index (χ2v) is 7.37. The zero-order valence-corrected chi connectivity index (χ0v) is 18.3. The summed E-state index contributed by atoms with van der Waals surface area (Å²) in [6, 6.07) is 12.0. The van der Waals surface area contributed by atoms with E-state index in [1.54, 1.807) is 49.6 Å². The minimum absolute atomic E-state index is 0.00952.